The topological polar surface area (TPSA) is 54.3 Å². The second-order valence-corrected chi connectivity index (χ2v) is 2.71. The van der Waals surface area contributed by atoms with Gasteiger partial charge in [0, 0.05) is 18.1 Å². The van der Waals surface area contributed by atoms with Crippen LogP contribution in [0.25, 0.3) is 0 Å². The van der Waals surface area contributed by atoms with Gasteiger partial charge in [-0.3, -0.25) is 0 Å². The van der Waals surface area contributed by atoms with Crippen molar-refractivity contribution < 1.29 is 27.3 Å². The van der Waals surface area contributed by atoms with Crippen molar-refractivity contribution >= 4 is 6.47 Å². The molecule has 1 aromatic heterocycles. The first-order chi connectivity index (χ1) is 5.88. The molecule has 0 unspecified atom stereocenters. The molecule has 1 aliphatic carbocycles. The highest BCUT2D eigenvalue weighted by Gasteiger charge is 2.24. The van der Waals surface area contributed by atoms with Crippen LogP contribution in [0.15, 0.2) is 24.5 Å². The molecule has 1 saturated carbocycles. The van der Waals surface area contributed by atoms with E-state index in [2.05, 4.69) is 23.3 Å². The summed E-state index contributed by atoms with van der Waals surface area (Å²) in [6, 6.07) is 4.25. The minimum atomic E-state index is -0.500. The van der Waals surface area contributed by atoms with E-state index in [1.807, 2.05) is 6.20 Å². The molecule has 1 aliphatic rings. The number of H-pyrrole nitrogens is 1. The first-order valence-corrected chi connectivity index (χ1v) is 3.90. The van der Waals surface area contributed by atoms with Crippen LogP contribution in [0, 0.1) is 0 Å². The van der Waals surface area contributed by atoms with Gasteiger partial charge in [-0.1, -0.05) is 0 Å². The second kappa shape index (κ2) is 6.43. The molecule has 0 radical (unpaired) electrons. The van der Waals surface area contributed by atoms with Crippen LogP contribution in [0.3, 0.4) is 0 Å². The minimum Gasteiger partial charge on any atom is -1.00 e. The monoisotopic (exact) mass is 200 g/mol. The van der Waals surface area contributed by atoms with Gasteiger partial charge >= 0.3 is 0 Å². The molecule has 0 aliphatic heterocycles. The summed E-state index contributed by atoms with van der Waals surface area (Å²) < 4.78 is 0. The molecular formula is C9H11ClNO2-. The van der Waals surface area contributed by atoms with E-state index in [9.17, 15) is 0 Å². The average Bonchev–Trinajstić information content (AvgIpc) is 2.90. The highest BCUT2D eigenvalue weighted by atomic mass is 35.5. The number of pyridine rings is 1. The first kappa shape index (κ1) is 11.9. The molecule has 1 heterocycles. The largest absolute Gasteiger partial charge is 1.00 e. The molecule has 0 aromatic carbocycles. The quantitative estimate of drug-likeness (QED) is 0.447. The summed E-state index contributed by atoms with van der Waals surface area (Å²) in [6.07, 6.45) is 6.82. The van der Waals surface area contributed by atoms with Gasteiger partial charge in [0.25, 0.3) is 0 Å². The molecule has 4 heteroatoms. The fourth-order valence-electron chi connectivity index (χ4n) is 1.08. The minimum absolute atomic E-state index is 0. The molecule has 3 nitrogen and oxygen atoms in total. The summed E-state index contributed by atoms with van der Waals surface area (Å²) >= 11 is 0. The van der Waals surface area contributed by atoms with Crippen molar-refractivity contribution in [2.75, 3.05) is 0 Å². The Balaban J connectivity index is 0.000000324. The Morgan fingerprint density at radius 1 is 1.54 bits per heavy atom. The van der Waals surface area contributed by atoms with E-state index < -0.39 is 6.47 Å². The van der Waals surface area contributed by atoms with E-state index >= 15 is 0 Å². The number of rotatable bonds is 1. The van der Waals surface area contributed by atoms with E-state index in [-0.39, 0.29) is 12.4 Å². The van der Waals surface area contributed by atoms with E-state index in [4.69, 9.17) is 9.90 Å². The Labute approximate surface area is 83.2 Å². The van der Waals surface area contributed by atoms with Crippen LogP contribution >= 0.6 is 0 Å². The number of aromatic nitrogens is 1. The standard InChI is InChI=1S/C8H9N.CH2O2.ClH/c1-2-8(6-9-5-1)7-3-4-7;2-1-3;/h1-2,5-7H,3-4H2;1H,(H,2,3);1H/p-1. The van der Waals surface area contributed by atoms with Gasteiger partial charge in [0.15, 0.2) is 12.4 Å². The van der Waals surface area contributed by atoms with Crippen molar-refractivity contribution in [3.63, 3.8) is 0 Å². The Hall–Kier alpha value is -1.09. The lowest BCUT2D eigenvalue weighted by Gasteiger charge is -1.87. The maximum Gasteiger partial charge on any atom is 0.170 e. The van der Waals surface area contributed by atoms with Crippen LogP contribution in [0.1, 0.15) is 24.3 Å². The van der Waals surface area contributed by atoms with Gasteiger partial charge in [-0.25, -0.2) is 4.98 Å². The van der Waals surface area contributed by atoms with Crippen LogP contribution in [0.2, 0.25) is 0 Å². The number of aromatic amines is 1. The van der Waals surface area contributed by atoms with Gasteiger partial charge in [-0.15, -0.1) is 0 Å². The first-order valence-electron chi connectivity index (χ1n) is 3.90. The number of carboxylic acid groups (broad SMARTS) is 1. The van der Waals surface area contributed by atoms with Gasteiger partial charge in [0.1, 0.15) is 0 Å². The molecule has 2 rings (SSSR count). The molecular weight excluding hydrogens is 190 g/mol. The summed E-state index contributed by atoms with van der Waals surface area (Å²) in [5.41, 5.74) is 1.47. The van der Waals surface area contributed by atoms with E-state index in [1.165, 1.54) is 18.4 Å². The highest BCUT2D eigenvalue weighted by Crippen LogP contribution is 2.38. The van der Waals surface area contributed by atoms with E-state index in [0.717, 1.165) is 5.92 Å². The average molecular weight is 201 g/mol. The summed E-state index contributed by atoms with van der Waals surface area (Å²) in [7, 11) is 0. The van der Waals surface area contributed by atoms with Crippen molar-refractivity contribution in [3.05, 3.63) is 30.1 Å². The summed E-state index contributed by atoms with van der Waals surface area (Å²) in [6.45, 7) is -0.500. The van der Waals surface area contributed by atoms with Gasteiger partial charge in [0.05, 0.1) is 0 Å². The Bertz CT molecular complexity index is 237. The van der Waals surface area contributed by atoms with Gasteiger partial charge in [-0.2, -0.15) is 0 Å². The molecule has 0 atom stereocenters. The SMILES string of the molecule is O=C[O-].[Cl-].c1c[nH+]cc(C2CC2)c1. The molecule has 0 spiro atoms. The van der Waals surface area contributed by atoms with Crippen LogP contribution < -0.4 is 22.5 Å². The fraction of sp³-hybridized carbons (Fsp3) is 0.333. The third kappa shape index (κ3) is 4.48. The van der Waals surface area contributed by atoms with Crippen molar-refractivity contribution in [1.82, 2.24) is 0 Å². The number of hydrogen-bond donors (Lipinski definition) is 0. The summed E-state index contributed by atoms with van der Waals surface area (Å²) in [5, 5.41) is 8.25. The van der Waals surface area contributed by atoms with E-state index in [1.54, 1.807) is 0 Å². The molecule has 13 heavy (non-hydrogen) atoms. The number of carbonyl (C=O) groups excluding carboxylic acids is 1. The molecule has 0 bridgehead atoms. The number of carbonyl (C=O) groups is 1. The number of halogens is 1. The molecule has 0 saturated heterocycles. The molecule has 1 N–H and O–H groups in total. The predicted molar refractivity (Wildman–Crippen MR) is 41.0 cm³/mol. The molecule has 1 aromatic rings. The zero-order chi connectivity index (χ0) is 8.81. The fourth-order valence-corrected chi connectivity index (χ4v) is 1.08. The third-order valence-corrected chi connectivity index (χ3v) is 1.78. The normalized spacial score (nSPS) is 13.2. The Kier molecular flexibility index (Phi) is 5.89. The van der Waals surface area contributed by atoms with Crippen molar-refractivity contribution in [2.45, 2.75) is 18.8 Å². The van der Waals surface area contributed by atoms with E-state index in [0.29, 0.717) is 0 Å². The van der Waals surface area contributed by atoms with Gasteiger partial charge in [-0.05, 0) is 24.8 Å². The van der Waals surface area contributed by atoms with Crippen molar-refractivity contribution in [2.24, 2.45) is 0 Å². The Morgan fingerprint density at radius 3 is 2.54 bits per heavy atom. The van der Waals surface area contributed by atoms with Gasteiger partial charge in [0.2, 0.25) is 0 Å². The van der Waals surface area contributed by atoms with Crippen molar-refractivity contribution in [1.29, 1.82) is 0 Å². The van der Waals surface area contributed by atoms with Crippen LogP contribution in [-0.2, 0) is 4.79 Å². The zero-order valence-corrected chi connectivity index (χ0v) is 7.83. The lowest BCUT2D eigenvalue weighted by atomic mass is 10.2. The van der Waals surface area contributed by atoms with Gasteiger partial charge < -0.3 is 22.3 Å². The number of nitrogens with one attached hydrogen (secondary N) is 1. The van der Waals surface area contributed by atoms with Crippen molar-refractivity contribution in [3.8, 4) is 0 Å². The lowest BCUT2D eigenvalue weighted by molar-refractivity contribution is -0.378. The second-order valence-electron chi connectivity index (χ2n) is 2.71. The smallest absolute Gasteiger partial charge is 0.170 e. The maximum absolute atomic E-state index is 8.25. The molecule has 0 amide bonds. The zero-order valence-electron chi connectivity index (χ0n) is 7.07. The molecule has 72 valence electrons. The maximum atomic E-state index is 8.25. The van der Waals surface area contributed by atoms with Crippen LogP contribution in [-0.4, -0.2) is 6.47 Å². The lowest BCUT2D eigenvalue weighted by Crippen LogP contribution is -3.00. The predicted octanol–water partition coefficient (Wildman–Crippen LogP) is -3.25. The molecule has 1 fully saturated rings. The number of hydrogen-bond acceptors (Lipinski definition) is 2. The highest BCUT2D eigenvalue weighted by molar-refractivity contribution is 5.29. The summed E-state index contributed by atoms with van der Waals surface area (Å²) in [4.78, 5) is 11.3. The summed E-state index contributed by atoms with van der Waals surface area (Å²) in [5.74, 6) is 0.877. The third-order valence-electron chi connectivity index (χ3n) is 1.78. The van der Waals surface area contributed by atoms with Crippen LogP contribution in [0.4, 0.5) is 0 Å². The van der Waals surface area contributed by atoms with Crippen LogP contribution in [0.5, 0.6) is 0 Å². The Morgan fingerprint density at radius 2 is 2.15 bits per heavy atom.